The van der Waals surface area contributed by atoms with E-state index in [-0.39, 0.29) is 29.3 Å². The monoisotopic (exact) mass is 550 g/mol. The van der Waals surface area contributed by atoms with Gasteiger partial charge in [-0.25, -0.2) is 4.98 Å². The summed E-state index contributed by atoms with van der Waals surface area (Å²) in [4.78, 5) is 16.3. The Hall–Kier alpha value is -3.48. The first-order chi connectivity index (χ1) is 15.9. The summed E-state index contributed by atoms with van der Waals surface area (Å²) in [6, 6.07) is 11.3. The lowest BCUT2D eigenvalue weighted by atomic mass is 10.2. The lowest BCUT2D eigenvalue weighted by Gasteiger charge is -2.14. The van der Waals surface area contributed by atoms with Crippen molar-refractivity contribution in [3.63, 3.8) is 0 Å². The van der Waals surface area contributed by atoms with Crippen molar-refractivity contribution < 1.29 is 45.3 Å². The lowest BCUT2D eigenvalue weighted by Crippen LogP contribution is -2.24. The summed E-state index contributed by atoms with van der Waals surface area (Å²) in [5, 5.41) is 2.47. The maximum absolute atomic E-state index is 12.6. The molecule has 0 aliphatic rings. The van der Waals surface area contributed by atoms with Gasteiger partial charge in [-0.3, -0.25) is 4.79 Å². The second-order valence-electron chi connectivity index (χ2n) is 6.49. The molecule has 0 aliphatic carbocycles. The van der Waals surface area contributed by atoms with Gasteiger partial charge in [0.1, 0.15) is 17.2 Å². The molecule has 3 aromatic rings. The van der Waals surface area contributed by atoms with Crippen LogP contribution in [0.1, 0.15) is 15.9 Å². The molecule has 3 rings (SSSR count). The van der Waals surface area contributed by atoms with E-state index in [0.717, 1.165) is 18.2 Å². The van der Waals surface area contributed by atoms with Gasteiger partial charge in [0.05, 0.1) is 5.56 Å². The Balaban J connectivity index is 1.60. The molecule has 0 bridgehead atoms. The molecule has 0 radical (unpaired) electrons. The van der Waals surface area contributed by atoms with Crippen LogP contribution >= 0.6 is 15.9 Å². The molecular weight excluding hydrogens is 538 g/mol. The van der Waals surface area contributed by atoms with Gasteiger partial charge in [-0.05, 0) is 42.5 Å². The van der Waals surface area contributed by atoms with E-state index in [9.17, 15) is 31.1 Å². The summed E-state index contributed by atoms with van der Waals surface area (Å²) in [6.07, 6.45) is -8.55. The zero-order chi connectivity index (χ0) is 24.9. The molecule has 1 aromatic heterocycles. The Bertz CT molecular complexity index is 1140. The largest absolute Gasteiger partial charge is 0.573 e. The third kappa shape index (κ3) is 7.83. The van der Waals surface area contributed by atoms with Gasteiger partial charge in [0, 0.05) is 28.8 Å². The van der Waals surface area contributed by atoms with E-state index in [4.69, 9.17) is 4.74 Å². The van der Waals surface area contributed by atoms with Crippen LogP contribution in [0.3, 0.4) is 0 Å². The first-order valence-corrected chi connectivity index (χ1v) is 9.99. The molecular formula is C21H13BrF6N2O4. The summed E-state index contributed by atoms with van der Waals surface area (Å²) >= 11 is 3.06. The van der Waals surface area contributed by atoms with E-state index in [0.29, 0.717) is 4.47 Å². The topological polar surface area (TPSA) is 69.7 Å². The highest BCUT2D eigenvalue weighted by atomic mass is 79.9. The quantitative estimate of drug-likeness (QED) is 0.346. The van der Waals surface area contributed by atoms with Crippen LogP contribution in [0.5, 0.6) is 23.1 Å². The number of hydrogen-bond donors (Lipinski definition) is 1. The molecule has 1 N–H and O–H groups in total. The molecule has 0 unspecified atom stereocenters. The fourth-order valence-corrected chi connectivity index (χ4v) is 2.92. The molecule has 0 spiro atoms. The van der Waals surface area contributed by atoms with Gasteiger partial charge in [-0.2, -0.15) is 0 Å². The number of halogens is 7. The molecule has 0 aliphatic heterocycles. The van der Waals surface area contributed by atoms with E-state index in [1.165, 1.54) is 42.6 Å². The average molecular weight is 551 g/mol. The maximum atomic E-state index is 12.6. The minimum absolute atomic E-state index is 0.0508. The van der Waals surface area contributed by atoms with Gasteiger partial charge in [-0.1, -0.05) is 22.0 Å². The molecule has 0 fully saturated rings. The molecule has 0 saturated heterocycles. The second-order valence-corrected chi connectivity index (χ2v) is 7.40. The summed E-state index contributed by atoms with van der Waals surface area (Å²) < 4.78 is 87.9. The van der Waals surface area contributed by atoms with Crippen LogP contribution in [-0.4, -0.2) is 23.6 Å². The molecule has 0 atom stereocenters. The predicted molar refractivity (Wildman–Crippen MR) is 109 cm³/mol. The zero-order valence-electron chi connectivity index (χ0n) is 16.7. The smallest absolute Gasteiger partial charge is 0.439 e. The van der Waals surface area contributed by atoms with Crippen LogP contribution in [-0.2, 0) is 6.54 Å². The highest BCUT2D eigenvalue weighted by Gasteiger charge is 2.32. The molecule has 180 valence electrons. The number of alkyl halides is 6. The Morgan fingerprint density at radius 3 is 2.12 bits per heavy atom. The van der Waals surface area contributed by atoms with Crippen molar-refractivity contribution in [2.45, 2.75) is 19.3 Å². The number of carbonyl (C=O) groups excluding carboxylic acids is 1. The number of nitrogens with one attached hydrogen (secondary N) is 1. The first kappa shape index (κ1) is 25.1. The van der Waals surface area contributed by atoms with Crippen LogP contribution in [0.15, 0.2) is 65.3 Å². The van der Waals surface area contributed by atoms with Crippen molar-refractivity contribution >= 4 is 21.8 Å². The fraction of sp³-hybridized carbons (Fsp3) is 0.143. The number of aromatic nitrogens is 1. The zero-order valence-corrected chi connectivity index (χ0v) is 18.3. The Morgan fingerprint density at radius 1 is 0.882 bits per heavy atom. The number of benzene rings is 2. The fourth-order valence-electron chi connectivity index (χ4n) is 2.58. The SMILES string of the molecule is O=C(NCc1ccc(Br)cc1OC(F)(F)F)c1ccc(Oc2ccc(OC(F)(F)F)cc2)nc1. The van der Waals surface area contributed by atoms with Crippen molar-refractivity contribution in [1.29, 1.82) is 0 Å². The standard InChI is InChI=1S/C21H13BrF6N2O4/c22-14-3-1-12(17(9-14)34-21(26,27)28)10-30-19(31)13-2-8-18(29-11-13)32-15-4-6-16(7-5-15)33-20(23,24)25/h1-9,11H,10H2,(H,30,31). The minimum Gasteiger partial charge on any atom is -0.439 e. The summed E-state index contributed by atoms with van der Waals surface area (Å²) in [7, 11) is 0. The Morgan fingerprint density at radius 2 is 1.53 bits per heavy atom. The molecule has 13 heteroatoms. The number of amides is 1. The van der Waals surface area contributed by atoms with Crippen molar-refractivity contribution in [3.05, 3.63) is 76.4 Å². The van der Waals surface area contributed by atoms with E-state index < -0.39 is 30.1 Å². The van der Waals surface area contributed by atoms with Crippen LogP contribution < -0.4 is 19.5 Å². The number of nitrogens with zero attached hydrogens (tertiary/aromatic N) is 1. The Kier molecular flexibility index (Phi) is 7.54. The highest BCUT2D eigenvalue weighted by molar-refractivity contribution is 9.10. The number of rotatable bonds is 7. The van der Waals surface area contributed by atoms with Crippen molar-refractivity contribution in [2.75, 3.05) is 0 Å². The first-order valence-electron chi connectivity index (χ1n) is 9.20. The molecule has 2 aromatic carbocycles. The average Bonchev–Trinajstić information content (AvgIpc) is 2.73. The normalized spacial score (nSPS) is 11.6. The van der Waals surface area contributed by atoms with Crippen LogP contribution in [0.2, 0.25) is 0 Å². The van der Waals surface area contributed by atoms with E-state index in [1.54, 1.807) is 0 Å². The third-order valence-electron chi connectivity index (χ3n) is 3.97. The summed E-state index contributed by atoms with van der Waals surface area (Å²) in [5.74, 6) is -1.28. The predicted octanol–water partition coefficient (Wildman–Crippen LogP) is 6.36. The van der Waals surface area contributed by atoms with Crippen molar-refractivity contribution in [1.82, 2.24) is 10.3 Å². The van der Waals surface area contributed by atoms with Crippen molar-refractivity contribution in [3.8, 4) is 23.1 Å². The molecule has 6 nitrogen and oxygen atoms in total. The van der Waals surface area contributed by atoms with Gasteiger partial charge in [0.15, 0.2) is 0 Å². The molecule has 1 amide bonds. The van der Waals surface area contributed by atoms with Gasteiger partial charge in [0.2, 0.25) is 5.88 Å². The third-order valence-corrected chi connectivity index (χ3v) is 4.47. The van der Waals surface area contributed by atoms with E-state index >= 15 is 0 Å². The maximum Gasteiger partial charge on any atom is 0.573 e. The summed E-state index contributed by atoms with van der Waals surface area (Å²) in [6.45, 7) is -0.248. The van der Waals surface area contributed by atoms with Gasteiger partial charge < -0.3 is 19.5 Å². The molecule has 34 heavy (non-hydrogen) atoms. The van der Waals surface area contributed by atoms with Crippen LogP contribution in [0.4, 0.5) is 26.3 Å². The number of ether oxygens (including phenoxy) is 3. The summed E-state index contributed by atoms with van der Waals surface area (Å²) in [5.41, 5.74) is 0.191. The van der Waals surface area contributed by atoms with Crippen molar-refractivity contribution in [2.24, 2.45) is 0 Å². The van der Waals surface area contributed by atoms with E-state index in [2.05, 4.69) is 35.7 Å². The Labute approximate surface area is 196 Å². The van der Waals surface area contributed by atoms with Crippen LogP contribution in [0, 0.1) is 0 Å². The van der Waals surface area contributed by atoms with Gasteiger partial charge >= 0.3 is 12.7 Å². The molecule has 0 saturated carbocycles. The lowest BCUT2D eigenvalue weighted by molar-refractivity contribution is -0.275. The molecule has 1 heterocycles. The highest BCUT2D eigenvalue weighted by Crippen LogP contribution is 2.30. The number of carbonyl (C=O) groups is 1. The second kappa shape index (κ2) is 10.2. The van der Waals surface area contributed by atoms with Gasteiger partial charge in [-0.15, -0.1) is 26.3 Å². The van der Waals surface area contributed by atoms with E-state index in [1.807, 2.05) is 0 Å². The number of pyridine rings is 1. The van der Waals surface area contributed by atoms with Crippen LogP contribution in [0.25, 0.3) is 0 Å². The number of hydrogen-bond acceptors (Lipinski definition) is 5. The minimum atomic E-state index is -4.90. The van der Waals surface area contributed by atoms with Gasteiger partial charge in [0.25, 0.3) is 5.91 Å².